The van der Waals surface area contributed by atoms with Gasteiger partial charge in [0.15, 0.2) is 0 Å². The Bertz CT molecular complexity index is 568. The highest BCUT2D eigenvalue weighted by molar-refractivity contribution is 5.43. The van der Waals surface area contributed by atoms with Crippen LogP contribution < -0.4 is 11.4 Å². The molecule has 0 saturated heterocycles. The maximum Gasteiger partial charge on any atom is 0.332 e. The number of hydrogen-bond donors (Lipinski definition) is 1. The lowest BCUT2D eigenvalue weighted by Gasteiger charge is -2.14. The smallest absolute Gasteiger partial charge is 0.330 e. The van der Waals surface area contributed by atoms with E-state index in [2.05, 4.69) is 6.92 Å². The second kappa shape index (κ2) is 4.59. The van der Waals surface area contributed by atoms with E-state index in [-0.39, 0.29) is 11.6 Å². The van der Waals surface area contributed by atoms with Crippen molar-refractivity contribution < 1.29 is 0 Å². The highest BCUT2D eigenvalue weighted by atomic mass is 16.1. The standard InChI is InChI=1S/C13H17N3O/c1-10(9-14)11-5-3-4-6-12(11)16-8-7-15(2)13(16)17/h3-8,10H,9,14H2,1-2H3. The van der Waals surface area contributed by atoms with Gasteiger partial charge in [0.05, 0.1) is 5.69 Å². The van der Waals surface area contributed by atoms with Crippen LogP contribution in [-0.4, -0.2) is 15.7 Å². The molecule has 2 rings (SSSR count). The lowest BCUT2D eigenvalue weighted by molar-refractivity contribution is 0.755. The molecule has 17 heavy (non-hydrogen) atoms. The van der Waals surface area contributed by atoms with Gasteiger partial charge in [0.2, 0.25) is 0 Å². The molecule has 0 aliphatic heterocycles. The van der Waals surface area contributed by atoms with Crippen LogP contribution in [0.3, 0.4) is 0 Å². The summed E-state index contributed by atoms with van der Waals surface area (Å²) in [7, 11) is 1.74. The maximum absolute atomic E-state index is 11.9. The fourth-order valence-corrected chi connectivity index (χ4v) is 1.90. The third kappa shape index (κ3) is 2.03. The molecule has 1 atom stereocenters. The van der Waals surface area contributed by atoms with E-state index in [1.165, 1.54) is 0 Å². The number of benzene rings is 1. The third-order valence-electron chi connectivity index (χ3n) is 3.03. The number of aryl methyl sites for hydroxylation is 1. The minimum atomic E-state index is -0.0401. The Morgan fingerprint density at radius 3 is 2.59 bits per heavy atom. The SMILES string of the molecule is CC(CN)c1ccccc1-n1ccn(C)c1=O. The van der Waals surface area contributed by atoms with Gasteiger partial charge in [-0.3, -0.25) is 4.57 Å². The van der Waals surface area contributed by atoms with Crippen LogP contribution in [0.4, 0.5) is 0 Å². The van der Waals surface area contributed by atoms with Crippen molar-refractivity contribution in [2.45, 2.75) is 12.8 Å². The second-order valence-electron chi connectivity index (χ2n) is 4.26. The summed E-state index contributed by atoms with van der Waals surface area (Å²) in [5.74, 6) is 0.235. The summed E-state index contributed by atoms with van der Waals surface area (Å²) in [6, 6.07) is 7.87. The molecule has 1 aromatic heterocycles. The van der Waals surface area contributed by atoms with E-state index in [1.54, 1.807) is 28.6 Å². The summed E-state index contributed by atoms with van der Waals surface area (Å²) in [5.41, 5.74) is 7.67. The van der Waals surface area contributed by atoms with Gasteiger partial charge in [0.25, 0.3) is 0 Å². The summed E-state index contributed by atoms with van der Waals surface area (Å²) >= 11 is 0. The molecule has 0 fully saturated rings. The normalized spacial score (nSPS) is 12.6. The zero-order valence-electron chi connectivity index (χ0n) is 10.1. The first-order valence-corrected chi connectivity index (χ1v) is 5.68. The van der Waals surface area contributed by atoms with E-state index in [1.807, 2.05) is 24.3 Å². The number of imidazole rings is 1. The maximum atomic E-state index is 11.9. The fraction of sp³-hybridized carbons (Fsp3) is 0.308. The predicted molar refractivity (Wildman–Crippen MR) is 68.5 cm³/mol. The Morgan fingerprint density at radius 2 is 2.00 bits per heavy atom. The zero-order chi connectivity index (χ0) is 12.4. The van der Waals surface area contributed by atoms with E-state index in [4.69, 9.17) is 5.73 Å². The van der Waals surface area contributed by atoms with Gasteiger partial charge in [-0.25, -0.2) is 4.79 Å². The van der Waals surface area contributed by atoms with Crippen molar-refractivity contribution >= 4 is 0 Å². The van der Waals surface area contributed by atoms with Gasteiger partial charge in [-0.05, 0) is 24.1 Å². The molecule has 4 heteroatoms. The average Bonchev–Trinajstić information content (AvgIpc) is 2.69. The molecule has 1 unspecified atom stereocenters. The molecule has 0 aliphatic carbocycles. The molecule has 4 nitrogen and oxygen atoms in total. The number of hydrogen-bond acceptors (Lipinski definition) is 2. The van der Waals surface area contributed by atoms with Crippen LogP contribution in [0.15, 0.2) is 41.5 Å². The van der Waals surface area contributed by atoms with Crippen molar-refractivity contribution in [1.29, 1.82) is 0 Å². The minimum absolute atomic E-state index is 0.0401. The fourth-order valence-electron chi connectivity index (χ4n) is 1.90. The summed E-state index contributed by atoms with van der Waals surface area (Å²) in [6.07, 6.45) is 3.54. The van der Waals surface area contributed by atoms with Crippen molar-refractivity contribution in [1.82, 2.24) is 9.13 Å². The Labute approximate surface area is 100 Å². The molecule has 0 spiro atoms. The molecule has 0 saturated carbocycles. The Hall–Kier alpha value is -1.81. The largest absolute Gasteiger partial charge is 0.332 e. The van der Waals surface area contributed by atoms with E-state index in [0.717, 1.165) is 11.3 Å². The molecule has 0 radical (unpaired) electrons. The van der Waals surface area contributed by atoms with E-state index in [0.29, 0.717) is 6.54 Å². The zero-order valence-corrected chi connectivity index (χ0v) is 10.1. The molecule has 0 aliphatic rings. The molecular weight excluding hydrogens is 214 g/mol. The van der Waals surface area contributed by atoms with Gasteiger partial charge in [-0.15, -0.1) is 0 Å². The summed E-state index contributed by atoms with van der Waals surface area (Å²) < 4.78 is 3.21. The highest BCUT2D eigenvalue weighted by Gasteiger charge is 2.11. The highest BCUT2D eigenvalue weighted by Crippen LogP contribution is 2.21. The lowest BCUT2D eigenvalue weighted by atomic mass is 9.99. The summed E-state index contributed by atoms with van der Waals surface area (Å²) in [6.45, 7) is 2.63. The molecule has 2 N–H and O–H groups in total. The summed E-state index contributed by atoms with van der Waals surface area (Å²) in [5, 5.41) is 0. The topological polar surface area (TPSA) is 52.9 Å². The van der Waals surface area contributed by atoms with Crippen molar-refractivity contribution in [3.63, 3.8) is 0 Å². The molecule has 2 aromatic rings. The van der Waals surface area contributed by atoms with Gasteiger partial charge in [-0.1, -0.05) is 25.1 Å². The van der Waals surface area contributed by atoms with Crippen LogP contribution in [-0.2, 0) is 7.05 Å². The van der Waals surface area contributed by atoms with Crippen LogP contribution in [0.1, 0.15) is 18.4 Å². The first-order valence-electron chi connectivity index (χ1n) is 5.68. The van der Waals surface area contributed by atoms with Gasteiger partial charge in [0, 0.05) is 19.4 Å². The quantitative estimate of drug-likeness (QED) is 0.864. The van der Waals surface area contributed by atoms with Gasteiger partial charge < -0.3 is 10.3 Å². The van der Waals surface area contributed by atoms with E-state index >= 15 is 0 Å². The first-order chi connectivity index (χ1) is 8.15. The monoisotopic (exact) mass is 231 g/mol. The minimum Gasteiger partial charge on any atom is -0.330 e. The number of nitrogens with zero attached hydrogens (tertiary/aromatic N) is 2. The van der Waals surface area contributed by atoms with E-state index < -0.39 is 0 Å². The van der Waals surface area contributed by atoms with Crippen LogP contribution in [0.25, 0.3) is 5.69 Å². The van der Waals surface area contributed by atoms with Gasteiger partial charge >= 0.3 is 5.69 Å². The van der Waals surface area contributed by atoms with Gasteiger partial charge in [0.1, 0.15) is 0 Å². The van der Waals surface area contributed by atoms with Crippen molar-refractivity contribution in [2.24, 2.45) is 12.8 Å². The molecule has 1 heterocycles. The lowest BCUT2D eigenvalue weighted by Crippen LogP contribution is -2.22. The number of para-hydroxylation sites is 1. The number of aromatic nitrogens is 2. The van der Waals surface area contributed by atoms with Crippen LogP contribution >= 0.6 is 0 Å². The van der Waals surface area contributed by atoms with Crippen LogP contribution in [0, 0.1) is 0 Å². The Morgan fingerprint density at radius 1 is 1.29 bits per heavy atom. The van der Waals surface area contributed by atoms with Crippen molar-refractivity contribution in [3.05, 3.63) is 52.7 Å². The predicted octanol–water partition coefficient (Wildman–Crippen LogP) is 1.24. The third-order valence-corrected chi connectivity index (χ3v) is 3.03. The van der Waals surface area contributed by atoms with Crippen LogP contribution in [0.2, 0.25) is 0 Å². The van der Waals surface area contributed by atoms with E-state index in [9.17, 15) is 4.79 Å². The first kappa shape index (κ1) is 11.7. The van der Waals surface area contributed by atoms with Crippen LogP contribution in [0.5, 0.6) is 0 Å². The number of nitrogens with two attached hydrogens (primary N) is 1. The molecule has 0 amide bonds. The van der Waals surface area contributed by atoms with Gasteiger partial charge in [-0.2, -0.15) is 0 Å². The molecule has 0 bridgehead atoms. The summed E-state index contributed by atoms with van der Waals surface area (Å²) in [4.78, 5) is 11.9. The molecule has 1 aromatic carbocycles. The van der Waals surface area contributed by atoms with Crippen molar-refractivity contribution in [2.75, 3.05) is 6.54 Å². The van der Waals surface area contributed by atoms with Crippen molar-refractivity contribution in [3.8, 4) is 5.69 Å². The second-order valence-corrected chi connectivity index (χ2v) is 4.26. The Kier molecular flexibility index (Phi) is 3.15. The Balaban J connectivity index is 2.60. The number of rotatable bonds is 3. The molecule has 90 valence electrons. The molecular formula is C13H17N3O. The average molecular weight is 231 g/mol.